The van der Waals surface area contributed by atoms with Crippen molar-refractivity contribution in [3.05, 3.63) is 155 Å². The van der Waals surface area contributed by atoms with Crippen LogP contribution in [-0.2, 0) is 22.7 Å². The number of aryl methyl sites for hydroxylation is 2. The monoisotopic (exact) mass is 767 g/mol. The molecule has 11 nitrogen and oxygen atoms in total. The Balaban J connectivity index is 1.01. The van der Waals surface area contributed by atoms with Gasteiger partial charge in [0.15, 0.2) is 5.58 Å². The number of fused-ring (bicyclic) bond motifs is 1. The SMILES string of the molecule is C=CC(=O)OCCCCCCOc1ccc(C(=O)Oc2ccc(COc3ccc(COc4ccc(C)cc4C)cc3/C=N/Nc3nc4ccccc4o3)cc2)cc1. The van der Waals surface area contributed by atoms with Gasteiger partial charge in [0.05, 0.1) is 25.0 Å². The number of aromatic nitrogens is 1. The molecular weight excluding hydrogens is 723 g/mol. The maximum absolute atomic E-state index is 12.9. The van der Waals surface area contributed by atoms with Gasteiger partial charge in [0.1, 0.15) is 41.7 Å². The first kappa shape index (κ1) is 39.8. The molecule has 6 aromatic rings. The summed E-state index contributed by atoms with van der Waals surface area (Å²) in [4.78, 5) is 28.3. The molecule has 11 heteroatoms. The molecule has 0 aliphatic rings. The number of esters is 2. The minimum atomic E-state index is -0.473. The second-order valence-electron chi connectivity index (χ2n) is 13.3. The van der Waals surface area contributed by atoms with Crippen molar-refractivity contribution in [3.8, 4) is 23.0 Å². The number of ether oxygens (including phenoxy) is 5. The smallest absolute Gasteiger partial charge is 0.343 e. The van der Waals surface area contributed by atoms with Gasteiger partial charge in [0.25, 0.3) is 0 Å². The van der Waals surface area contributed by atoms with Crippen LogP contribution in [0.4, 0.5) is 6.01 Å². The molecule has 0 saturated heterocycles. The third-order valence-electron chi connectivity index (χ3n) is 8.79. The number of nitrogens with zero attached hydrogens (tertiary/aromatic N) is 2. The minimum absolute atomic E-state index is 0.263. The van der Waals surface area contributed by atoms with E-state index in [9.17, 15) is 9.59 Å². The summed E-state index contributed by atoms with van der Waals surface area (Å²) >= 11 is 0. The van der Waals surface area contributed by atoms with E-state index in [4.69, 9.17) is 28.1 Å². The van der Waals surface area contributed by atoms with Crippen LogP contribution in [0.2, 0.25) is 0 Å². The number of rotatable bonds is 20. The lowest BCUT2D eigenvalue weighted by Gasteiger charge is -2.13. The number of nitrogens with one attached hydrogen (secondary N) is 1. The zero-order valence-corrected chi connectivity index (χ0v) is 32.1. The van der Waals surface area contributed by atoms with Gasteiger partial charge in [-0.05, 0) is 123 Å². The quantitative estimate of drug-likeness (QED) is 0.0200. The molecule has 5 aromatic carbocycles. The summed E-state index contributed by atoms with van der Waals surface area (Å²) in [5.74, 6) is 1.65. The van der Waals surface area contributed by atoms with E-state index in [0.717, 1.165) is 65.3 Å². The summed E-state index contributed by atoms with van der Waals surface area (Å²) in [7, 11) is 0. The van der Waals surface area contributed by atoms with Gasteiger partial charge < -0.3 is 28.1 Å². The van der Waals surface area contributed by atoms with Crippen LogP contribution >= 0.6 is 0 Å². The van der Waals surface area contributed by atoms with Crippen molar-refractivity contribution in [2.24, 2.45) is 5.10 Å². The molecule has 1 heterocycles. The molecule has 0 aliphatic carbocycles. The number of hydrogen-bond donors (Lipinski definition) is 1. The standard InChI is InChI=1S/C46H45N3O8/c1-4-44(50)53-26-10-6-5-9-25-52-38-21-17-36(18-22-38)45(51)56-39-19-14-34(15-20-39)30-55-42-24-16-35(31-54-41-23-13-32(2)27-33(41)3)28-37(42)29-47-49-46-48-40-11-7-8-12-43(40)57-46/h4,7-8,11-24,27-29H,1,5-6,9-10,25-26,30-31H2,2-3H3,(H,48,49)/b47-29+. The van der Waals surface area contributed by atoms with E-state index in [1.54, 1.807) is 42.6 Å². The van der Waals surface area contributed by atoms with Crippen molar-refractivity contribution in [3.63, 3.8) is 0 Å². The molecule has 0 atom stereocenters. The number of oxazole rings is 1. The summed E-state index contributed by atoms with van der Waals surface area (Å²) in [5.41, 5.74) is 9.46. The molecule has 0 amide bonds. The predicted molar refractivity (Wildman–Crippen MR) is 219 cm³/mol. The lowest BCUT2D eigenvalue weighted by Crippen LogP contribution is -2.08. The fraction of sp³-hybridized carbons (Fsp3) is 0.217. The van der Waals surface area contributed by atoms with E-state index in [0.29, 0.717) is 48.2 Å². The number of benzene rings is 5. The lowest BCUT2D eigenvalue weighted by molar-refractivity contribution is -0.137. The second kappa shape index (κ2) is 20.2. The van der Waals surface area contributed by atoms with Gasteiger partial charge in [-0.25, -0.2) is 15.0 Å². The fourth-order valence-electron chi connectivity index (χ4n) is 5.77. The summed E-state index contributed by atoms with van der Waals surface area (Å²) in [6.45, 7) is 9.04. The largest absolute Gasteiger partial charge is 0.494 e. The first-order valence-corrected chi connectivity index (χ1v) is 18.8. The molecule has 6 rings (SSSR count). The zero-order valence-electron chi connectivity index (χ0n) is 32.1. The van der Waals surface area contributed by atoms with Crippen LogP contribution in [-0.4, -0.2) is 36.4 Å². The molecule has 1 N–H and O–H groups in total. The molecule has 0 fully saturated rings. The molecule has 0 saturated carbocycles. The molecule has 0 unspecified atom stereocenters. The van der Waals surface area contributed by atoms with Gasteiger partial charge in [-0.3, -0.25) is 0 Å². The third-order valence-corrected chi connectivity index (χ3v) is 8.79. The average Bonchev–Trinajstić information content (AvgIpc) is 3.64. The summed E-state index contributed by atoms with van der Waals surface area (Å²) < 4.78 is 34.5. The topological polar surface area (TPSA) is 131 Å². The van der Waals surface area contributed by atoms with Gasteiger partial charge >= 0.3 is 18.0 Å². The van der Waals surface area contributed by atoms with Crippen molar-refractivity contribution in [1.29, 1.82) is 0 Å². The second-order valence-corrected chi connectivity index (χ2v) is 13.3. The van der Waals surface area contributed by atoms with E-state index in [-0.39, 0.29) is 12.6 Å². The highest BCUT2D eigenvalue weighted by molar-refractivity contribution is 5.91. The van der Waals surface area contributed by atoms with E-state index in [1.807, 2.05) is 73.7 Å². The first-order chi connectivity index (χ1) is 27.8. The summed E-state index contributed by atoms with van der Waals surface area (Å²) in [5, 5.41) is 4.39. The first-order valence-electron chi connectivity index (χ1n) is 18.8. The molecule has 1 aromatic heterocycles. The summed E-state index contributed by atoms with van der Waals surface area (Å²) in [6, 6.07) is 33.7. The lowest BCUT2D eigenvalue weighted by atomic mass is 10.1. The van der Waals surface area contributed by atoms with Gasteiger partial charge in [0.2, 0.25) is 0 Å². The Morgan fingerprint density at radius 2 is 1.46 bits per heavy atom. The van der Waals surface area contributed by atoms with Gasteiger partial charge in [-0.2, -0.15) is 10.1 Å². The van der Waals surface area contributed by atoms with Gasteiger partial charge in [0, 0.05) is 11.6 Å². The van der Waals surface area contributed by atoms with Crippen LogP contribution in [0.15, 0.2) is 131 Å². The van der Waals surface area contributed by atoms with Crippen molar-refractivity contribution in [2.45, 2.75) is 52.7 Å². The van der Waals surface area contributed by atoms with E-state index < -0.39 is 11.9 Å². The van der Waals surface area contributed by atoms with Crippen LogP contribution in [0.3, 0.4) is 0 Å². The molecule has 292 valence electrons. The number of hydrazone groups is 1. The number of hydrogen-bond acceptors (Lipinski definition) is 11. The summed E-state index contributed by atoms with van der Waals surface area (Å²) in [6.07, 6.45) is 6.37. The molecule has 0 bridgehead atoms. The normalized spacial score (nSPS) is 11.0. The predicted octanol–water partition coefficient (Wildman–Crippen LogP) is 9.94. The zero-order chi connectivity index (χ0) is 39.8. The number of carbonyl (C=O) groups excluding carboxylic acids is 2. The minimum Gasteiger partial charge on any atom is -0.494 e. The molecule has 0 spiro atoms. The average molecular weight is 768 g/mol. The van der Waals surface area contributed by atoms with Crippen molar-refractivity contribution < 1.29 is 37.7 Å². The van der Waals surface area contributed by atoms with E-state index in [1.165, 1.54) is 5.56 Å². The highest BCUT2D eigenvalue weighted by Gasteiger charge is 2.11. The molecular formula is C46H45N3O8. The number of para-hydroxylation sites is 2. The maximum atomic E-state index is 12.9. The molecule has 57 heavy (non-hydrogen) atoms. The van der Waals surface area contributed by atoms with E-state index in [2.05, 4.69) is 35.1 Å². The Morgan fingerprint density at radius 3 is 2.23 bits per heavy atom. The highest BCUT2D eigenvalue weighted by Crippen LogP contribution is 2.25. The Bertz CT molecular complexity index is 2270. The highest BCUT2D eigenvalue weighted by atomic mass is 16.5. The fourth-order valence-corrected chi connectivity index (χ4v) is 5.77. The molecule has 0 aliphatic heterocycles. The number of carbonyl (C=O) groups is 2. The Labute approximate surface area is 331 Å². The van der Waals surface area contributed by atoms with Crippen molar-refractivity contribution in [2.75, 3.05) is 18.6 Å². The third kappa shape index (κ3) is 12.1. The van der Waals surface area contributed by atoms with Crippen LogP contribution in [0, 0.1) is 13.8 Å². The maximum Gasteiger partial charge on any atom is 0.343 e. The van der Waals surface area contributed by atoms with Gasteiger partial charge in [-0.15, -0.1) is 0 Å². The number of anilines is 1. The molecule has 0 radical (unpaired) electrons. The Morgan fingerprint density at radius 1 is 0.754 bits per heavy atom. The number of unbranched alkanes of at least 4 members (excludes halogenated alkanes) is 3. The van der Waals surface area contributed by atoms with Crippen LogP contribution in [0.25, 0.3) is 11.1 Å². The van der Waals surface area contributed by atoms with Crippen molar-refractivity contribution >= 4 is 35.3 Å². The Kier molecular flexibility index (Phi) is 14.1. The van der Waals surface area contributed by atoms with Crippen LogP contribution < -0.4 is 24.4 Å². The van der Waals surface area contributed by atoms with Crippen LogP contribution in [0.1, 0.15) is 63.9 Å². The van der Waals surface area contributed by atoms with Crippen LogP contribution in [0.5, 0.6) is 23.0 Å². The van der Waals surface area contributed by atoms with Crippen molar-refractivity contribution in [1.82, 2.24) is 4.98 Å². The Hall–Kier alpha value is -6.88. The van der Waals surface area contributed by atoms with Gasteiger partial charge in [-0.1, -0.05) is 54.6 Å². The van der Waals surface area contributed by atoms with E-state index >= 15 is 0 Å².